The van der Waals surface area contributed by atoms with Gasteiger partial charge in [-0.25, -0.2) is 4.98 Å². The predicted molar refractivity (Wildman–Crippen MR) is 112 cm³/mol. The smallest absolute Gasteiger partial charge is 0.256 e. The average molecular weight is 395 g/mol. The predicted octanol–water partition coefficient (Wildman–Crippen LogP) is 4.44. The van der Waals surface area contributed by atoms with Gasteiger partial charge < -0.3 is 16.4 Å². The molecule has 0 aliphatic heterocycles. The molecule has 6 nitrogen and oxygen atoms in total. The SMILES string of the molecule is Cc1cccc(C(=O)Nc2ccc(C)c(C(=O)Nc3cnc(N)c(Cl)c3)c2)c1. The second-order valence-electron chi connectivity index (χ2n) is 6.40. The Morgan fingerprint density at radius 3 is 2.43 bits per heavy atom. The molecule has 0 spiro atoms. The molecule has 1 heterocycles. The number of anilines is 3. The molecule has 0 atom stereocenters. The fourth-order valence-electron chi connectivity index (χ4n) is 2.65. The Morgan fingerprint density at radius 1 is 0.964 bits per heavy atom. The molecule has 0 aliphatic rings. The van der Waals surface area contributed by atoms with Crippen LogP contribution in [0.1, 0.15) is 31.8 Å². The number of benzene rings is 2. The number of hydrogen-bond acceptors (Lipinski definition) is 4. The Bertz CT molecular complexity index is 1070. The highest BCUT2D eigenvalue weighted by molar-refractivity contribution is 6.33. The van der Waals surface area contributed by atoms with Gasteiger partial charge in [0.2, 0.25) is 0 Å². The summed E-state index contributed by atoms with van der Waals surface area (Å²) in [6, 6.07) is 14.0. The molecule has 28 heavy (non-hydrogen) atoms. The molecule has 142 valence electrons. The highest BCUT2D eigenvalue weighted by atomic mass is 35.5. The van der Waals surface area contributed by atoms with Gasteiger partial charge in [-0.1, -0.05) is 35.4 Å². The van der Waals surface area contributed by atoms with Crippen LogP contribution < -0.4 is 16.4 Å². The average Bonchev–Trinajstić information content (AvgIpc) is 2.66. The van der Waals surface area contributed by atoms with Gasteiger partial charge >= 0.3 is 0 Å². The maximum absolute atomic E-state index is 12.7. The number of aromatic nitrogens is 1. The fraction of sp³-hybridized carbons (Fsp3) is 0.0952. The molecule has 7 heteroatoms. The summed E-state index contributed by atoms with van der Waals surface area (Å²) >= 11 is 5.94. The molecule has 0 fully saturated rings. The van der Waals surface area contributed by atoms with Crippen molar-refractivity contribution in [1.82, 2.24) is 4.98 Å². The van der Waals surface area contributed by atoms with Crippen LogP contribution in [0.4, 0.5) is 17.2 Å². The van der Waals surface area contributed by atoms with Crippen LogP contribution >= 0.6 is 11.6 Å². The van der Waals surface area contributed by atoms with Crippen molar-refractivity contribution in [2.75, 3.05) is 16.4 Å². The molecular weight excluding hydrogens is 376 g/mol. The summed E-state index contributed by atoms with van der Waals surface area (Å²) in [5.41, 5.74) is 9.27. The number of carbonyl (C=O) groups is 2. The number of nitrogens with zero attached hydrogens (tertiary/aromatic N) is 1. The second kappa shape index (κ2) is 8.10. The number of hydrogen-bond donors (Lipinski definition) is 3. The van der Waals surface area contributed by atoms with E-state index < -0.39 is 0 Å². The van der Waals surface area contributed by atoms with Crippen LogP contribution in [-0.2, 0) is 0 Å². The number of halogens is 1. The van der Waals surface area contributed by atoms with E-state index in [-0.39, 0.29) is 22.7 Å². The Kier molecular flexibility index (Phi) is 5.61. The molecule has 2 aromatic carbocycles. The number of aryl methyl sites for hydroxylation is 2. The number of nitrogen functional groups attached to an aromatic ring is 1. The zero-order valence-electron chi connectivity index (χ0n) is 15.4. The standard InChI is InChI=1S/C21H19ClN4O2/c1-12-4-3-5-14(8-12)20(27)25-15-7-6-13(2)17(9-15)21(28)26-16-10-18(22)19(23)24-11-16/h3-11H,1-2H3,(H2,23,24)(H,25,27)(H,26,28). The molecule has 2 amide bonds. The van der Waals surface area contributed by atoms with Gasteiger partial charge in [0, 0.05) is 16.8 Å². The van der Waals surface area contributed by atoms with Gasteiger partial charge in [-0.05, 0) is 49.7 Å². The van der Waals surface area contributed by atoms with Crippen LogP contribution in [0.3, 0.4) is 0 Å². The summed E-state index contributed by atoms with van der Waals surface area (Å²) in [4.78, 5) is 29.0. The van der Waals surface area contributed by atoms with Gasteiger partial charge in [0.05, 0.1) is 16.9 Å². The third-order valence-corrected chi connectivity index (χ3v) is 4.45. The molecule has 3 aromatic rings. The van der Waals surface area contributed by atoms with Crippen molar-refractivity contribution in [3.05, 3.63) is 82.0 Å². The minimum absolute atomic E-state index is 0.191. The number of rotatable bonds is 4. The van der Waals surface area contributed by atoms with Crippen molar-refractivity contribution < 1.29 is 9.59 Å². The first-order valence-corrected chi connectivity index (χ1v) is 8.92. The van der Waals surface area contributed by atoms with Crippen molar-refractivity contribution in [3.8, 4) is 0 Å². The van der Waals surface area contributed by atoms with Crippen molar-refractivity contribution in [3.63, 3.8) is 0 Å². The zero-order valence-corrected chi connectivity index (χ0v) is 16.2. The first-order chi connectivity index (χ1) is 13.3. The Morgan fingerprint density at radius 2 is 1.71 bits per heavy atom. The van der Waals surface area contributed by atoms with Crippen LogP contribution in [0.25, 0.3) is 0 Å². The van der Waals surface area contributed by atoms with E-state index in [1.807, 2.05) is 26.0 Å². The Hall–Kier alpha value is -3.38. The lowest BCUT2D eigenvalue weighted by atomic mass is 10.1. The number of nitrogens with two attached hydrogens (primary N) is 1. The molecule has 3 rings (SSSR count). The van der Waals surface area contributed by atoms with E-state index in [4.69, 9.17) is 17.3 Å². The number of carbonyl (C=O) groups excluding carboxylic acids is 2. The molecule has 1 aromatic heterocycles. The zero-order chi connectivity index (χ0) is 20.3. The molecule has 0 unspecified atom stereocenters. The van der Waals surface area contributed by atoms with Gasteiger partial charge in [-0.15, -0.1) is 0 Å². The quantitative estimate of drug-likeness (QED) is 0.609. The molecular formula is C21H19ClN4O2. The van der Waals surface area contributed by atoms with Crippen molar-refractivity contribution in [2.24, 2.45) is 0 Å². The lowest BCUT2D eigenvalue weighted by molar-refractivity contribution is 0.101. The van der Waals surface area contributed by atoms with E-state index in [1.54, 1.807) is 30.3 Å². The third-order valence-electron chi connectivity index (χ3n) is 4.15. The molecule has 0 bridgehead atoms. The van der Waals surface area contributed by atoms with Crippen molar-refractivity contribution in [1.29, 1.82) is 0 Å². The minimum atomic E-state index is -0.341. The van der Waals surface area contributed by atoms with Crippen LogP contribution in [-0.4, -0.2) is 16.8 Å². The summed E-state index contributed by atoms with van der Waals surface area (Å²) in [5.74, 6) is -0.392. The normalized spacial score (nSPS) is 10.4. The summed E-state index contributed by atoms with van der Waals surface area (Å²) in [5, 5.41) is 5.81. The van der Waals surface area contributed by atoms with Crippen LogP contribution in [0.2, 0.25) is 5.02 Å². The first kappa shape index (κ1) is 19.4. The summed E-state index contributed by atoms with van der Waals surface area (Å²) < 4.78 is 0. The number of pyridine rings is 1. The van der Waals surface area contributed by atoms with Gasteiger partial charge in [-0.2, -0.15) is 0 Å². The topological polar surface area (TPSA) is 97.1 Å². The van der Waals surface area contributed by atoms with Crippen LogP contribution in [0.5, 0.6) is 0 Å². The largest absolute Gasteiger partial charge is 0.382 e. The lowest BCUT2D eigenvalue weighted by Crippen LogP contribution is -2.16. The first-order valence-electron chi connectivity index (χ1n) is 8.54. The minimum Gasteiger partial charge on any atom is -0.382 e. The van der Waals surface area contributed by atoms with E-state index in [0.29, 0.717) is 22.5 Å². The molecule has 0 aliphatic carbocycles. The number of nitrogens with one attached hydrogen (secondary N) is 2. The maximum atomic E-state index is 12.7. The van der Waals surface area contributed by atoms with Crippen LogP contribution in [0.15, 0.2) is 54.7 Å². The van der Waals surface area contributed by atoms with E-state index in [2.05, 4.69) is 15.6 Å². The molecule has 0 radical (unpaired) electrons. The van der Waals surface area contributed by atoms with Crippen molar-refractivity contribution in [2.45, 2.75) is 13.8 Å². The summed E-state index contributed by atoms with van der Waals surface area (Å²) in [7, 11) is 0. The van der Waals surface area contributed by atoms with Crippen LogP contribution in [0, 0.1) is 13.8 Å². The van der Waals surface area contributed by atoms with E-state index in [0.717, 1.165) is 11.1 Å². The Balaban J connectivity index is 1.79. The monoisotopic (exact) mass is 394 g/mol. The maximum Gasteiger partial charge on any atom is 0.256 e. The Labute approximate surface area is 167 Å². The molecule has 4 N–H and O–H groups in total. The van der Waals surface area contributed by atoms with E-state index in [9.17, 15) is 9.59 Å². The van der Waals surface area contributed by atoms with Crippen molar-refractivity contribution >= 4 is 40.6 Å². The highest BCUT2D eigenvalue weighted by Gasteiger charge is 2.13. The van der Waals surface area contributed by atoms with Gasteiger partial charge in [0.15, 0.2) is 0 Å². The summed E-state index contributed by atoms with van der Waals surface area (Å²) in [6.45, 7) is 3.73. The number of amides is 2. The highest BCUT2D eigenvalue weighted by Crippen LogP contribution is 2.22. The molecule has 0 saturated heterocycles. The summed E-state index contributed by atoms with van der Waals surface area (Å²) in [6.07, 6.45) is 1.43. The van der Waals surface area contributed by atoms with Gasteiger partial charge in [0.25, 0.3) is 11.8 Å². The van der Waals surface area contributed by atoms with Gasteiger partial charge in [0.1, 0.15) is 5.82 Å². The fourth-order valence-corrected chi connectivity index (χ4v) is 2.82. The lowest BCUT2D eigenvalue weighted by Gasteiger charge is -2.11. The second-order valence-corrected chi connectivity index (χ2v) is 6.81. The van der Waals surface area contributed by atoms with Gasteiger partial charge in [-0.3, -0.25) is 9.59 Å². The van der Waals surface area contributed by atoms with E-state index >= 15 is 0 Å². The van der Waals surface area contributed by atoms with E-state index in [1.165, 1.54) is 12.3 Å². The molecule has 0 saturated carbocycles. The third kappa shape index (κ3) is 4.47.